The highest BCUT2D eigenvalue weighted by Crippen LogP contribution is 2.51. The summed E-state index contributed by atoms with van der Waals surface area (Å²) in [6, 6.07) is -0.236. The second-order valence-corrected chi connectivity index (χ2v) is 9.20. The van der Waals surface area contributed by atoms with Gasteiger partial charge in [-0.05, 0) is 13.3 Å². The van der Waals surface area contributed by atoms with Gasteiger partial charge in [0, 0.05) is 48.8 Å². The van der Waals surface area contributed by atoms with Gasteiger partial charge in [-0.15, -0.1) is 11.8 Å². The Morgan fingerprint density at radius 2 is 2.07 bits per heavy atom. The molecule has 0 aromatic rings. The van der Waals surface area contributed by atoms with Gasteiger partial charge in [0.05, 0.1) is 18.1 Å². The molecule has 3 heterocycles. The number of carboxylic acids is 1. The molecule has 2 amide bonds. The van der Waals surface area contributed by atoms with Crippen molar-refractivity contribution in [2.75, 3.05) is 20.6 Å². The van der Waals surface area contributed by atoms with Gasteiger partial charge in [-0.1, -0.05) is 13.0 Å². The first kappa shape index (κ1) is 20.9. The highest BCUT2D eigenvalue weighted by Gasteiger charge is 2.60. The van der Waals surface area contributed by atoms with Crippen LogP contribution in [0.25, 0.3) is 0 Å². The lowest BCUT2D eigenvalue weighted by Gasteiger charge is -2.46. The molecule has 3 N–H and O–H groups in total. The van der Waals surface area contributed by atoms with E-state index in [4.69, 9.17) is 0 Å². The minimum Gasteiger partial charge on any atom is -0.477 e. The van der Waals surface area contributed by atoms with Crippen molar-refractivity contribution < 1.29 is 24.6 Å². The van der Waals surface area contributed by atoms with E-state index in [9.17, 15) is 24.6 Å². The number of aliphatic hydroxyl groups is 1. The van der Waals surface area contributed by atoms with E-state index in [2.05, 4.69) is 5.32 Å². The Morgan fingerprint density at radius 3 is 2.64 bits per heavy atom. The average Bonchev–Trinajstić information content (AvgIpc) is 3.14. The number of carbonyl (C=O) groups is 3. The van der Waals surface area contributed by atoms with E-state index in [1.807, 2.05) is 13.0 Å². The second kappa shape index (κ2) is 7.88. The lowest BCUT2D eigenvalue weighted by Crippen LogP contribution is -2.63. The van der Waals surface area contributed by atoms with Gasteiger partial charge in [0.1, 0.15) is 5.70 Å². The topological polar surface area (TPSA) is 110 Å². The fraction of sp³-hybridized carbons (Fsp3) is 0.632. The van der Waals surface area contributed by atoms with Crippen LogP contribution >= 0.6 is 11.8 Å². The third-order valence-corrected chi connectivity index (χ3v) is 7.15. The van der Waals surface area contributed by atoms with Crippen molar-refractivity contribution in [2.24, 2.45) is 11.8 Å². The van der Waals surface area contributed by atoms with E-state index in [1.165, 1.54) is 21.6 Å². The molecular weight excluding hydrogens is 382 g/mol. The molecule has 6 atom stereocenters. The van der Waals surface area contributed by atoms with Crippen LogP contribution in [0.15, 0.2) is 22.8 Å². The normalized spacial score (nSPS) is 33.2. The van der Waals surface area contributed by atoms with E-state index >= 15 is 0 Å². The maximum atomic E-state index is 12.4. The third-order valence-electron chi connectivity index (χ3n) is 5.64. The number of aliphatic carboxylic acids is 1. The molecule has 0 unspecified atom stereocenters. The molecule has 28 heavy (non-hydrogen) atoms. The molecule has 0 aromatic carbocycles. The van der Waals surface area contributed by atoms with Gasteiger partial charge in [0.25, 0.3) is 0 Å². The Labute approximate surface area is 168 Å². The van der Waals surface area contributed by atoms with Crippen LogP contribution < -0.4 is 5.32 Å². The summed E-state index contributed by atoms with van der Waals surface area (Å²) >= 11 is 1.50. The average molecular weight is 410 g/mol. The lowest BCUT2D eigenvalue weighted by molar-refractivity contribution is -0.163. The Morgan fingerprint density at radius 1 is 1.39 bits per heavy atom. The predicted molar refractivity (Wildman–Crippen MR) is 105 cm³/mol. The molecule has 3 aliphatic heterocycles. The first-order valence-electron chi connectivity index (χ1n) is 9.41. The monoisotopic (exact) mass is 409 g/mol. The molecule has 3 rings (SSSR count). The first-order chi connectivity index (χ1) is 13.1. The number of hydrogen-bond acceptors (Lipinski definition) is 6. The summed E-state index contributed by atoms with van der Waals surface area (Å²) in [6.07, 6.45) is 3.35. The van der Waals surface area contributed by atoms with Gasteiger partial charge < -0.3 is 25.3 Å². The largest absolute Gasteiger partial charge is 0.477 e. The molecule has 0 spiro atoms. The highest BCUT2D eigenvalue weighted by atomic mass is 32.2. The highest BCUT2D eigenvalue weighted by molar-refractivity contribution is 8.03. The van der Waals surface area contributed by atoms with Crippen molar-refractivity contribution in [3.63, 3.8) is 0 Å². The van der Waals surface area contributed by atoms with Crippen molar-refractivity contribution in [1.82, 2.24) is 15.1 Å². The number of amides is 2. The number of carboxylic acid groups (broad SMARTS) is 1. The van der Waals surface area contributed by atoms with Crippen LogP contribution in [-0.2, 0) is 14.4 Å². The van der Waals surface area contributed by atoms with Crippen LogP contribution in [-0.4, -0.2) is 81.9 Å². The van der Waals surface area contributed by atoms with Crippen LogP contribution in [0.2, 0.25) is 0 Å². The summed E-state index contributed by atoms with van der Waals surface area (Å²) in [5, 5.41) is 23.1. The van der Waals surface area contributed by atoms with Crippen LogP contribution in [0.5, 0.6) is 0 Å². The number of likely N-dealkylation sites (N-methyl/N-ethyl adjacent to an activating group) is 1. The number of aliphatic hydroxyl groups excluding tert-OH is 1. The molecular formula is C19H27N3O5S. The van der Waals surface area contributed by atoms with Crippen molar-refractivity contribution in [3.05, 3.63) is 22.8 Å². The van der Waals surface area contributed by atoms with Crippen LogP contribution in [0.4, 0.5) is 0 Å². The number of carbonyl (C=O) groups excluding carboxylic acids is 2. The van der Waals surface area contributed by atoms with Crippen molar-refractivity contribution in [1.29, 1.82) is 0 Å². The Hall–Kier alpha value is -1.84. The van der Waals surface area contributed by atoms with E-state index in [1.54, 1.807) is 27.1 Å². The number of nitrogens with one attached hydrogen (secondary N) is 1. The molecule has 3 aliphatic rings. The van der Waals surface area contributed by atoms with Gasteiger partial charge in [-0.3, -0.25) is 9.59 Å². The molecule has 9 heteroatoms. The van der Waals surface area contributed by atoms with E-state index in [-0.39, 0.29) is 40.8 Å². The smallest absolute Gasteiger partial charge is 0.353 e. The van der Waals surface area contributed by atoms with Crippen LogP contribution in [0.1, 0.15) is 20.3 Å². The minimum absolute atomic E-state index is 0.0517. The number of β-lactam (4-membered cyclic amide) rings is 1. The summed E-state index contributed by atoms with van der Waals surface area (Å²) in [6.45, 7) is 4.19. The third kappa shape index (κ3) is 3.58. The molecule has 0 aromatic heterocycles. The summed E-state index contributed by atoms with van der Waals surface area (Å²) in [5.41, 5.74) is 0.0613. The summed E-state index contributed by atoms with van der Waals surface area (Å²) in [5.74, 6) is -2.17. The van der Waals surface area contributed by atoms with E-state index in [0.29, 0.717) is 11.4 Å². The van der Waals surface area contributed by atoms with Crippen LogP contribution in [0, 0.1) is 11.8 Å². The molecule has 8 nitrogen and oxygen atoms in total. The van der Waals surface area contributed by atoms with Gasteiger partial charge in [0.15, 0.2) is 0 Å². The number of fused-ring (bicyclic) bond motifs is 1. The van der Waals surface area contributed by atoms with Gasteiger partial charge in [0.2, 0.25) is 11.8 Å². The molecule has 2 saturated heterocycles. The maximum Gasteiger partial charge on any atom is 0.353 e. The molecule has 0 saturated carbocycles. The van der Waals surface area contributed by atoms with Crippen LogP contribution in [0.3, 0.4) is 0 Å². The zero-order valence-corrected chi connectivity index (χ0v) is 17.3. The predicted octanol–water partition coefficient (Wildman–Crippen LogP) is 0.248. The van der Waals surface area contributed by atoms with Gasteiger partial charge >= 0.3 is 5.97 Å². The Bertz CT molecular complexity index is 748. The SMILES string of the molecule is C[C@@H](O)[C@H]1C(=O)N2C(C(=O)O)=C(S[C@@H]3CN[C@H](/C=C\C(=O)N(C)C)C3)[C@H](C)[C@H]12. The number of hydrogen-bond donors (Lipinski definition) is 3. The molecule has 0 bridgehead atoms. The fourth-order valence-corrected chi connectivity index (χ4v) is 5.67. The van der Waals surface area contributed by atoms with Crippen molar-refractivity contribution in [3.8, 4) is 0 Å². The zero-order chi connectivity index (χ0) is 20.7. The molecule has 2 fully saturated rings. The molecule has 154 valence electrons. The second-order valence-electron chi connectivity index (χ2n) is 7.85. The van der Waals surface area contributed by atoms with E-state index < -0.39 is 18.0 Å². The summed E-state index contributed by atoms with van der Waals surface area (Å²) in [4.78, 5) is 39.5. The zero-order valence-electron chi connectivity index (χ0n) is 16.5. The standard InChI is InChI=1S/C19H27N3O5S/c1-9-15-14(10(2)23)18(25)22(15)16(19(26)27)17(9)28-12-7-11(20-8-12)5-6-13(24)21(3)4/h5-6,9-12,14-15,20,23H,7-8H2,1-4H3,(H,26,27)/b6-5-/t9-,10-,11-,12+,14-,15-/m1/s1. The quantitative estimate of drug-likeness (QED) is 0.426. The molecule has 0 aliphatic carbocycles. The fourth-order valence-electron chi connectivity index (χ4n) is 4.17. The number of thioether (sulfide) groups is 1. The summed E-state index contributed by atoms with van der Waals surface area (Å²) in [7, 11) is 3.39. The number of rotatable bonds is 6. The lowest BCUT2D eigenvalue weighted by atomic mass is 9.79. The minimum atomic E-state index is -1.10. The maximum absolute atomic E-state index is 12.4. The van der Waals surface area contributed by atoms with Crippen molar-refractivity contribution >= 4 is 29.5 Å². The van der Waals surface area contributed by atoms with Gasteiger partial charge in [-0.25, -0.2) is 4.79 Å². The number of nitrogens with zero attached hydrogens (tertiary/aromatic N) is 2. The van der Waals surface area contributed by atoms with Crippen molar-refractivity contribution in [2.45, 2.75) is 43.7 Å². The Balaban J connectivity index is 1.71. The van der Waals surface area contributed by atoms with E-state index in [0.717, 1.165) is 6.42 Å². The summed E-state index contributed by atoms with van der Waals surface area (Å²) < 4.78 is 0. The Kier molecular flexibility index (Phi) is 5.88. The van der Waals surface area contributed by atoms with Gasteiger partial charge in [-0.2, -0.15) is 0 Å². The molecule has 0 radical (unpaired) electrons. The first-order valence-corrected chi connectivity index (χ1v) is 10.3.